The third kappa shape index (κ3) is 2.84. The number of nitriles is 1. The number of hydrogen-bond acceptors (Lipinski definition) is 4. The average Bonchev–Trinajstić information content (AvgIpc) is 2.98. The van der Waals surface area contributed by atoms with Gasteiger partial charge in [-0.25, -0.2) is 0 Å². The highest BCUT2D eigenvalue weighted by Gasteiger charge is 2.28. The van der Waals surface area contributed by atoms with Gasteiger partial charge >= 0.3 is 0 Å². The standard InChI is InChI=1S/C14H17N3O2/c1-19-13-10-16-8-6-12(13)14(18)17(9-7-15)11-4-2-3-5-11/h6,8,10-11H,2-5,9H2,1H3. The number of carbonyl (C=O) groups is 1. The normalized spacial score (nSPS) is 14.9. The lowest BCUT2D eigenvalue weighted by Gasteiger charge is -2.26. The highest BCUT2D eigenvalue weighted by Crippen LogP contribution is 2.26. The smallest absolute Gasteiger partial charge is 0.258 e. The summed E-state index contributed by atoms with van der Waals surface area (Å²) in [6.07, 6.45) is 7.27. The zero-order valence-electron chi connectivity index (χ0n) is 11.0. The van der Waals surface area contributed by atoms with Crippen molar-refractivity contribution < 1.29 is 9.53 Å². The summed E-state index contributed by atoms with van der Waals surface area (Å²) in [5.74, 6) is 0.307. The van der Waals surface area contributed by atoms with Gasteiger partial charge in [-0.1, -0.05) is 12.8 Å². The van der Waals surface area contributed by atoms with Crippen molar-refractivity contribution in [3.63, 3.8) is 0 Å². The molecule has 0 bridgehead atoms. The van der Waals surface area contributed by atoms with Gasteiger partial charge in [-0.05, 0) is 18.9 Å². The molecule has 0 unspecified atom stereocenters. The molecular weight excluding hydrogens is 242 g/mol. The van der Waals surface area contributed by atoms with Gasteiger partial charge in [-0.2, -0.15) is 5.26 Å². The number of methoxy groups -OCH3 is 1. The highest BCUT2D eigenvalue weighted by atomic mass is 16.5. The molecular formula is C14H17N3O2. The van der Waals surface area contributed by atoms with E-state index < -0.39 is 0 Å². The highest BCUT2D eigenvalue weighted by molar-refractivity contribution is 5.97. The van der Waals surface area contributed by atoms with E-state index in [4.69, 9.17) is 10.00 Å². The molecule has 1 aromatic rings. The van der Waals surface area contributed by atoms with Crippen LogP contribution in [0.25, 0.3) is 0 Å². The van der Waals surface area contributed by atoms with Gasteiger partial charge in [0.2, 0.25) is 0 Å². The minimum absolute atomic E-state index is 0.120. The number of pyridine rings is 1. The molecule has 1 aromatic heterocycles. The molecule has 1 heterocycles. The van der Waals surface area contributed by atoms with Crippen LogP contribution in [-0.4, -0.2) is 35.5 Å². The molecule has 1 saturated carbocycles. The summed E-state index contributed by atoms with van der Waals surface area (Å²) in [4.78, 5) is 18.2. The first-order chi connectivity index (χ1) is 9.27. The lowest BCUT2D eigenvalue weighted by atomic mass is 10.1. The van der Waals surface area contributed by atoms with Crippen LogP contribution >= 0.6 is 0 Å². The topological polar surface area (TPSA) is 66.2 Å². The molecule has 0 aliphatic heterocycles. The fraction of sp³-hybridized carbons (Fsp3) is 0.500. The van der Waals surface area contributed by atoms with Gasteiger partial charge in [0.15, 0.2) is 0 Å². The number of amides is 1. The van der Waals surface area contributed by atoms with E-state index in [-0.39, 0.29) is 18.5 Å². The molecule has 1 fully saturated rings. The number of carbonyl (C=O) groups excluding carboxylic acids is 1. The number of nitrogens with zero attached hydrogens (tertiary/aromatic N) is 3. The molecule has 19 heavy (non-hydrogen) atoms. The predicted molar refractivity (Wildman–Crippen MR) is 69.7 cm³/mol. The molecule has 5 nitrogen and oxygen atoms in total. The molecule has 100 valence electrons. The maximum absolute atomic E-state index is 12.6. The van der Waals surface area contributed by atoms with Gasteiger partial charge < -0.3 is 9.64 Å². The minimum atomic E-state index is -0.146. The van der Waals surface area contributed by atoms with Crippen molar-refractivity contribution in [2.75, 3.05) is 13.7 Å². The Morgan fingerprint density at radius 1 is 1.58 bits per heavy atom. The number of rotatable bonds is 4. The van der Waals surface area contributed by atoms with Crippen molar-refractivity contribution in [3.8, 4) is 11.8 Å². The van der Waals surface area contributed by atoms with E-state index >= 15 is 0 Å². The fourth-order valence-electron chi connectivity index (χ4n) is 2.53. The lowest BCUT2D eigenvalue weighted by molar-refractivity contribution is 0.0706. The van der Waals surface area contributed by atoms with Crippen LogP contribution in [-0.2, 0) is 0 Å². The van der Waals surface area contributed by atoms with Crippen LogP contribution in [0.2, 0.25) is 0 Å². The quantitative estimate of drug-likeness (QED) is 0.776. The Balaban J connectivity index is 2.26. The third-order valence-electron chi connectivity index (χ3n) is 3.50. The summed E-state index contributed by atoms with van der Waals surface area (Å²) in [5.41, 5.74) is 0.472. The van der Waals surface area contributed by atoms with Gasteiger partial charge in [0.25, 0.3) is 5.91 Å². The summed E-state index contributed by atoms with van der Waals surface area (Å²) in [6.45, 7) is 0.120. The number of hydrogen-bond donors (Lipinski definition) is 0. The monoisotopic (exact) mass is 259 g/mol. The van der Waals surface area contributed by atoms with E-state index in [1.165, 1.54) is 13.3 Å². The van der Waals surface area contributed by atoms with Gasteiger partial charge in [-0.15, -0.1) is 0 Å². The van der Waals surface area contributed by atoms with Crippen molar-refractivity contribution in [3.05, 3.63) is 24.0 Å². The van der Waals surface area contributed by atoms with E-state index in [1.807, 2.05) is 0 Å². The number of ether oxygens (including phenoxy) is 1. The number of aromatic nitrogens is 1. The second-order valence-electron chi connectivity index (χ2n) is 4.61. The molecule has 0 spiro atoms. The summed E-state index contributed by atoms with van der Waals surface area (Å²) in [5, 5.41) is 8.93. The molecule has 1 aliphatic rings. The molecule has 0 aromatic carbocycles. The van der Waals surface area contributed by atoms with Gasteiger partial charge in [0, 0.05) is 12.2 Å². The van der Waals surface area contributed by atoms with Gasteiger partial charge in [-0.3, -0.25) is 9.78 Å². The van der Waals surface area contributed by atoms with Crippen LogP contribution in [0.15, 0.2) is 18.5 Å². The maximum atomic E-state index is 12.6. The molecule has 5 heteroatoms. The van der Waals surface area contributed by atoms with Crippen molar-refractivity contribution >= 4 is 5.91 Å². The Kier molecular flexibility index (Phi) is 4.35. The van der Waals surface area contributed by atoms with Crippen molar-refractivity contribution in [1.29, 1.82) is 5.26 Å². The largest absolute Gasteiger partial charge is 0.494 e. The maximum Gasteiger partial charge on any atom is 0.258 e. The average molecular weight is 259 g/mol. The summed E-state index contributed by atoms with van der Waals surface area (Å²) < 4.78 is 5.16. The van der Waals surface area contributed by atoms with Crippen molar-refractivity contribution in [1.82, 2.24) is 9.88 Å². The second kappa shape index (κ2) is 6.19. The predicted octanol–water partition coefficient (Wildman–Crippen LogP) is 2.00. The van der Waals surface area contributed by atoms with E-state index in [0.29, 0.717) is 11.3 Å². The lowest BCUT2D eigenvalue weighted by Crippen LogP contribution is -2.39. The molecule has 2 rings (SSSR count). The fourth-order valence-corrected chi connectivity index (χ4v) is 2.53. The Morgan fingerprint density at radius 2 is 2.32 bits per heavy atom. The van der Waals surface area contributed by atoms with Gasteiger partial charge in [0.05, 0.1) is 24.9 Å². The van der Waals surface area contributed by atoms with Gasteiger partial charge in [0.1, 0.15) is 12.3 Å². The van der Waals surface area contributed by atoms with Crippen molar-refractivity contribution in [2.24, 2.45) is 0 Å². The van der Waals surface area contributed by atoms with E-state index in [0.717, 1.165) is 25.7 Å². The molecule has 0 atom stereocenters. The Bertz CT molecular complexity index is 490. The summed E-state index contributed by atoms with van der Waals surface area (Å²) >= 11 is 0. The van der Waals surface area contributed by atoms with Crippen LogP contribution in [0.3, 0.4) is 0 Å². The summed E-state index contributed by atoms with van der Waals surface area (Å²) in [6, 6.07) is 3.89. The SMILES string of the molecule is COc1cnccc1C(=O)N(CC#N)C1CCCC1. The first kappa shape index (κ1) is 13.3. The van der Waals surface area contributed by atoms with E-state index in [9.17, 15) is 4.79 Å². The molecule has 0 saturated heterocycles. The Morgan fingerprint density at radius 3 is 2.95 bits per heavy atom. The zero-order chi connectivity index (χ0) is 13.7. The van der Waals surface area contributed by atoms with Crippen LogP contribution in [0.1, 0.15) is 36.0 Å². The molecule has 1 aliphatic carbocycles. The molecule has 0 radical (unpaired) electrons. The summed E-state index contributed by atoms with van der Waals surface area (Å²) in [7, 11) is 1.51. The Labute approximate surface area is 112 Å². The zero-order valence-corrected chi connectivity index (χ0v) is 11.0. The first-order valence-corrected chi connectivity index (χ1v) is 6.44. The first-order valence-electron chi connectivity index (χ1n) is 6.44. The second-order valence-corrected chi connectivity index (χ2v) is 4.61. The van der Waals surface area contributed by atoms with Crippen LogP contribution in [0, 0.1) is 11.3 Å². The van der Waals surface area contributed by atoms with Crippen LogP contribution < -0.4 is 4.74 Å². The minimum Gasteiger partial charge on any atom is -0.494 e. The van der Waals surface area contributed by atoms with Crippen LogP contribution in [0.5, 0.6) is 5.75 Å². The molecule has 1 amide bonds. The Hall–Kier alpha value is -2.09. The third-order valence-corrected chi connectivity index (χ3v) is 3.50. The van der Waals surface area contributed by atoms with Crippen LogP contribution in [0.4, 0.5) is 0 Å². The molecule has 0 N–H and O–H groups in total. The van der Waals surface area contributed by atoms with E-state index in [2.05, 4.69) is 11.1 Å². The van der Waals surface area contributed by atoms with Crippen molar-refractivity contribution in [2.45, 2.75) is 31.7 Å². The van der Waals surface area contributed by atoms with E-state index in [1.54, 1.807) is 17.2 Å².